The number of aliphatic hydroxyl groups excluding tert-OH is 1. The molecule has 1 atom stereocenters. The minimum Gasteiger partial charge on any atom is -0.388 e. The molecule has 1 saturated heterocycles. The van der Waals surface area contributed by atoms with Gasteiger partial charge in [0, 0.05) is 13.7 Å². The molecule has 108 valence electrons. The number of aromatic nitrogens is 3. The molecule has 0 saturated carbocycles. The third-order valence-electron chi connectivity index (χ3n) is 3.38. The van der Waals surface area contributed by atoms with Gasteiger partial charge in [0.05, 0.1) is 12.4 Å². The first-order valence-electron chi connectivity index (χ1n) is 6.33. The average molecular weight is 289 g/mol. The lowest BCUT2D eigenvalue weighted by atomic mass is 10.2. The highest BCUT2D eigenvalue weighted by Crippen LogP contribution is 2.32. The van der Waals surface area contributed by atoms with Crippen LogP contribution in [0.1, 0.15) is 36.2 Å². The molecule has 19 heavy (non-hydrogen) atoms. The molecule has 0 amide bonds. The molecule has 0 aliphatic carbocycles. The summed E-state index contributed by atoms with van der Waals surface area (Å²) in [6, 6.07) is 0. The molecule has 0 bridgehead atoms. The maximum Gasteiger partial charge on any atom is 0.160 e. The molecule has 1 aliphatic rings. The van der Waals surface area contributed by atoms with Crippen molar-refractivity contribution >= 4 is 9.84 Å². The summed E-state index contributed by atoms with van der Waals surface area (Å²) >= 11 is 0. The van der Waals surface area contributed by atoms with E-state index < -0.39 is 15.1 Å². The first-order chi connectivity index (χ1) is 9.10. The van der Waals surface area contributed by atoms with Gasteiger partial charge >= 0.3 is 0 Å². The van der Waals surface area contributed by atoms with E-state index in [9.17, 15) is 13.5 Å². The number of rotatable bonds is 5. The maximum atomic E-state index is 12.1. The zero-order valence-corrected chi connectivity index (χ0v) is 11.8. The van der Waals surface area contributed by atoms with Gasteiger partial charge in [-0.2, -0.15) is 0 Å². The summed E-state index contributed by atoms with van der Waals surface area (Å²) in [6.45, 7) is 0.606. The monoisotopic (exact) mass is 289 g/mol. The van der Waals surface area contributed by atoms with E-state index in [4.69, 9.17) is 4.74 Å². The highest BCUT2D eigenvalue weighted by molar-refractivity contribution is 7.91. The van der Waals surface area contributed by atoms with Gasteiger partial charge in [-0.1, -0.05) is 6.42 Å². The molecule has 1 unspecified atom stereocenters. The molecule has 1 aromatic rings. The van der Waals surface area contributed by atoms with Crippen molar-refractivity contribution in [3.05, 3.63) is 11.6 Å². The zero-order chi connectivity index (χ0) is 13.9. The first kappa shape index (κ1) is 14.4. The molecule has 2 heterocycles. The number of nitrogens with zero attached hydrogens (tertiary/aromatic N) is 3. The smallest absolute Gasteiger partial charge is 0.160 e. The van der Waals surface area contributed by atoms with Crippen LogP contribution in [0.15, 0.2) is 0 Å². The molecule has 0 aromatic carbocycles. The number of hydrogen-bond acceptors (Lipinski definition) is 6. The Hall–Kier alpha value is -0.990. The van der Waals surface area contributed by atoms with E-state index in [1.807, 2.05) is 0 Å². The van der Waals surface area contributed by atoms with E-state index in [1.165, 1.54) is 0 Å². The second-order valence-corrected chi connectivity index (χ2v) is 6.93. The van der Waals surface area contributed by atoms with Crippen LogP contribution in [0.25, 0.3) is 0 Å². The lowest BCUT2D eigenvalue weighted by molar-refractivity contribution is 0.181. The van der Waals surface area contributed by atoms with E-state index >= 15 is 0 Å². The van der Waals surface area contributed by atoms with Crippen molar-refractivity contribution in [1.29, 1.82) is 0 Å². The topological polar surface area (TPSA) is 94.3 Å². The second-order valence-electron chi connectivity index (χ2n) is 4.63. The largest absolute Gasteiger partial charge is 0.388 e. The normalized spacial score (nSPS) is 22.5. The van der Waals surface area contributed by atoms with Gasteiger partial charge in [-0.05, 0) is 12.8 Å². The molecule has 7 nitrogen and oxygen atoms in total. The molecule has 2 rings (SSSR count). The van der Waals surface area contributed by atoms with E-state index in [0.717, 1.165) is 6.42 Å². The Bertz CT molecular complexity index is 526. The molecule has 0 spiro atoms. The third kappa shape index (κ3) is 2.96. The van der Waals surface area contributed by atoms with Crippen molar-refractivity contribution in [2.75, 3.05) is 19.5 Å². The molecule has 1 aliphatic heterocycles. The van der Waals surface area contributed by atoms with Gasteiger partial charge in [0.25, 0.3) is 0 Å². The maximum absolute atomic E-state index is 12.1. The Morgan fingerprint density at radius 1 is 1.42 bits per heavy atom. The Balaban J connectivity index is 2.35. The van der Waals surface area contributed by atoms with E-state index in [2.05, 4.69) is 10.2 Å². The number of methoxy groups -OCH3 is 1. The minimum absolute atomic E-state index is 0.198. The van der Waals surface area contributed by atoms with Crippen molar-refractivity contribution < 1.29 is 18.3 Å². The Morgan fingerprint density at radius 2 is 2.21 bits per heavy atom. The highest BCUT2D eigenvalue weighted by Gasteiger charge is 2.34. The predicted octanol–water partition coefficient (Wildman–Crippen LogP) is 0.0566. The standard InChI is InChI=1S/C11H19N3O4S/c1-18-6-5-14-10(8-15)12-13-11(14)9-4-2-3-7-19(9,16)17/h9,15H,2-8H2,1H3. The van der Waals surface area contributed by atoms with Crippen LogP contribution in [0.3, 0.4) is 0 Å². The van der Waals surface area contributed by atoms with E-state index in [-0.39, 0.29) is 12.4 Å². The van der Waals surface area contributed by atoms with Crippen LogP contribution >= 0.6 is 0 Å². The van der Waals surface area contributed by atoms with Crippen LogP contribution in [0.4, 0.5) is 0 Å². The zero-order valence-electron chi connectivity index (χ0n) is 10.9. The summed E-state index contributed by atoms with van der Waals surface area (Å²) in [5.74, 6) is 1.01. The van der Waals surface area contributed by atoms with Crippen molar-refractivity contribution in [3.63, 3.8) is 0 Å². The van der Waals surface area contributed by atoms with Crippen LogP contribution in [0, 0.1) is 0 Å². The fourth-order valence-corrected chi connectivity index (χ4v) is 4.29. The Morgan fingerprint density at radius 3 is 2.84 bits per heavy atom. The van der Waals surface area contributed by atoms with Crippen LogP contribution in [0.5, 0.6) is 0 Å². The van der Waals surface area contributed by atoms with Gasteiger partial charge in [0.15, 0.2) is 21.5 Å². The van der Waals surface area contributed by atoms with Gasteiger partial charge in [-0.25, -0.2) is 8.42 Å². The van der Waals surface area contributed by atoms with Crippen LogP contribution in [-0.2, 0) is 27.7 Å². The fourth-order valence-electron chi connectivity index (χ4n) is 2.38. The van der Waals surface area contributed by atoms with E-state index in [0.29, 0.717) is 37.6 Å². The van der Waals surface area contributed by atoms with Crippen molar-refractivity contribution in [1.82, 2.24) is 14.8 Å². The summed E-state index contributed by atoms with van der Waals surface area (Å²) in [4.78, 5) is 0. The van der Waals surface area contributed by atoms with Gasteiger partial charge in [-0.3, -0.25) is 0 Å². The average Bonchev–Trinajstić information content (AvgIpc) is 2.78. The molecule has 0 radical (unpaired) electrons. The third-order valence-corrected chi connectivity index (χ3v) is 5.55. The van der Waals surface area contributed by atoms with Crippen molar-refractivity contribution in [2.24, 2.45) is 0 Å². The van der Waals surface area contributed by atoms with Crippen LogP contribution < -0.4 is 0 Å². The molecule has 8 heteroatoms. The summed E-state index contributed by atoms with van der Waals surface area (Å²) in [7, 11) is -1.60. The lowest BCUT2D eigenvalue weighted by Crippen LogP contribution is -2.25. The van der Waals surface area contributed by atoms with Crippen molar-refractivity contribution in [2.45, 2.75) is 37.7 Å². The van der Waals surface area contributed by atoms with E-state index in [1.54, 1.807) is 11.7 Å². The first-order valence-corrected chi connectivity index (χ1v) is 8.05. The highest BCUT2D eigenvalue weighted by atomic mass is 32.2. The molecule has 1 fully saturated rings. The quantitative estimate of drug-likeness (QED) is 0.823. The molecule has 1 N–H and O–H groups in total. The SMILES string of the molecule is COCCn1c(CO)nnc1C1CCCCS1(=O)=O. The fraction of sp³-hybridized carbons (Fsp3) is 0.818. The van der Waals surface area contributed by atoms with Gasteiger partial charge in [0.2, 0.25) is 0 Å². The van der Waals surface area contributed by atoms with Crippen molar-refractivity contribution in [3.8, 4) is 0 Å². The van der Waals surface area contributed by atoms with Crippen LogP contribution in [-0.4, -0.2) is 47.8 Å². The second kappa shape index (κ2) is 5.98. The number of sulfone groups is 1. The summed E-state index contributed by atoms with van der Waals surface area (Å²) in [6.07, 6.45) is 2.15. The molecular formula is C11H19N3O4S. The molecule has 1 aromatic heterocycles. The Labute approximate surface area is 112 Å². The summed E-state index contributed by atoms with van der Waals surface area (Å²) in [5.41, 5.74) is 0. The van der Waals surface area contributed by atoms with Crippen LogP contribution in [0.2, 0.25) is 0 Å². The molecular weight excluding hydrogens is 270 g/mol. The minimum atomic E-state index is -3.16. The van der Waals surface area contributed by atoms with Gasteiger partial charge < -0.3 is 14.4 Å². The Kier molecular flexibility index (Phi) is 4.54. The predicted molar refractivity (Wildman–Crippen MR) is 68.2 cm³/mol. The number of aliphatic hydroxyl groups is 1. The summed E-state index contributed by atoms with van der Waals surface area (Å²) < 4.78 is 30.9. The lowest BCUT2D eigenvalue weighted by Gasteiger charge is -2.22. The number of ether oxygens (including phenoxy) is 1. The number of hydrogen-bond donors (Lipinski definition) is 1. The van der Waals surface area contributed by atoms with Gasteiger partial charge in [0.1, 0.15) is 11.9 Å². The van der Waals surface area contributed by atoms with Gasteiger partial charge in [-0.15, -0.1) is 10.2 Å². The summed E-state index contributed by atoms with van der Waals surface area (Å²) in [5, 5.41) is 16.5.